The van der Waals surface area contributed by atoms with E-state index in [1.807, 2.05) is 0 Å². The molecule has 110 valence electrons. The van der Waals surface area contributed by atoms with Gasteiger partial charge in [-0.1, -0.05) is 6.92 Å². The topological polar surface area (TPSA) is 41.7 Å². The molecule has 0 bridgehead atoms. The van der Waals surface area contributed by atoms with Crippen LogP contribution in [0.15, 0.2) is 18.2 Å². The quantitative estimate of drug-likeness (QED) is 0.841. The number of piperidine rings is 1. The van der Waals surface area contributed by atoms with E-state index in [2.05, 4.69) is 34.9 Å². The molecule has 2 aliphatic heterocycles. The Morgan fingerprint density at radius 3 is 2.40 bits per heavy atom. The Hall–Kier alpha value is -1.42. The number of ether oxygens (including phenoxy) is 1. The van der Waals surface area contributed by atoms with Crippen molar-refractivity contribution in [2.45, 2.75) is 19.8 Å². The fourth-order valence-corrected chi connectivity index (χ4v) is 3.10. The molecule has 20 heavy (non-hydrogen) atoms. The second kappa shape index (κ2) is 5.92. The fraction of sp³-hybridized carbons (Fsp3) is 0.625. The van der Waals surface area contributed by atoms with E-state index in [0.29, 0.717) is 0 Å². The van der Waals surface area contributed by atoms with Gasteiger partial charge < -0.3 is 20.3 Å². The number of nitrogens with zero attached hydrogens (tertiary/aromatic N) is 2. The molecule has 0 atom stereocenters. The number of morpholine rings is 1. The van der Waals surface area contributed by atoms with Crippen molar-refractivity contribution in [1.29, 1.82) is 0 Å². The number of rotatable bonds is 2. The summed E-state index contributed by atoms with van der Waals surface area (Å²) in [5, 5.41) is 0. The van der Waals surface area contributed by atoms with Crippen LogP contribution in [0.25, 0.3) is 0 Å². The number of benzene rings is 1. The molecule has 4 heteroatoms. The van der Waals surface area contributed by atoms with Crippen LogP contribution >= 0.6 is 0 Å². The van der Waals surface area contributed by atoms with Crippen LogP contribution < -0.4 is 15.5 Å². The first-order valence-corrected chi connectivity index (χ1v) is 7.71. The summed E-state index contributed by atoms with van der Waals surface area (Å²) < 4.78 is 5.40. The van der Waals surface area contributed by atoms with Crippen LogP contribution in [0.1, 0.15) is 19.8 Å². The average molecular weight is 275 g/mol. The van der Waals surface area contributed by atoms with Crippen molar-refractivity contribution in [1.82, 2.24) is 0 Å². The first-order valence-electron chi connectivity index (χ1n) is 7.71. The Bertz CT molecular complexity index is 449. The highest BCUT2D eigenvalue weighted by atomic mass is 16.5. The van der Waals surface area contributed by atoms with Gasteiger partial charge in [-0.15, -0.1) is 0 Å². The van der Waals surface area contributed by atoms with E-state index in [9.17, 15) is 0 Å². The Balaban J connectivity index is 1.73. The fourth-order valence-electron chi connectivity index (χ4n) is 3.10. The third-order valence-corrected chi connectivity index (χ3v) is 4.51. The maximum absolute atomic E-state index is 6.29. The lowest BCUT2D eigenvalue weighted by Crippen LogP contribution is -2.36. The van der Waals surface area contributed by atoms with Gasteiger partial charge in [0.2, 0.25) is 0 Å². The largest absolute Gasteiger partial charge is 0.397 e. The molecule has 4 nitrogen and oxygen atoms in total. The molecule has 0 unspecified atom stereocenters. The van der Waals surface area contributed by atoms with Crippen molar-refractivity contribution >= 4 is 17.1 Å². The molecule has 1 aromatic carbocycles. The summed E-state index contributed by atoms with van der Waals surface area (Å²) in [6.07, 6.45) is 2.54. The van der Waals surface area contributed by atoms with Crippen LogP contribution in [0.4, 0.5) is 17.1 Å². The predicted octanol–water partition coefficient (Wildman–Crippen LogP) is 2.34. The van der Waals surface area contributed by atoms with Gasteiger partial charge in [0, 0.05) is 31.9 Å². The molecule has 2 aliphatic rings. The molecule has 2 fully saturated rings. The second-order valence-corrected chi connectivity index (χ2v) is 6.01. The second-order valence-electron chi connectivity index (χ2n) is 6.01. The molecule has 0 spiro atoms. The molecular weight excluding hydrogens is 250 g/mol. The Morgan fingerprint density at radius 1 is 1.05 bits per heavy atom. The van der Waals surface area contributed by atoms with Crippen molar-refractivity contribution in [2.24, 2.45) is 5.92 Å². The number of hydrogen-bond donors (Lipinski definition) is 1. The van der Waals surface area contributed by atoms with Crippen LogP contribution in [-0.4, -0.2) is 39.4 Å². The van der Waals surface area contributed by atoms with Crippen LogP contribution in [0, 0.1) is 5.92 Å². The van der Waals surface area contributed by atoms with Crippen molar-refractivity contribution in [3.63, 3.8) is 0 Å². The van der Waals surface area contributed by atoms with Crippen LogP contribution in [0.2, 0.25) is 0 Å². The maximum Gasteiger partial charge on any atom is 0.0642 e. The normalized spacial score (nSPS) is 21.2. The van der Waals surface area contributed by atoms with Crippen molar-refractivity contribution in [3.05, 3.63) is 18.2 Å². The number of anilines is 3. The van der Waals surface area contributed by atoms with Gasteiger partial charge in [-0.05, 0) is 37.0 Å². The minimum atomic E-state index is 0.811. The number of nitrogen functional groups attached to an aromatic ring is 1. The van der Waals surface area contributed by atoms with Gasteiger partial charge >= 0.3 is 0 Å². The van der Waals surface area contributed by atoms with Crippen molar-refractivity contribution in [2.75, 3.05) is 54.9 Å². The Kier molecular flexibility index (Phi) is 4.01. The average Bonchev–Trinajstić information content (AvgIpc) is 2.49. The zero-order valence-corrected chi connectivity index (χ0v) is 12.3. The van der Waals surface area contributed by atoms with Gasteiger partial charge in [-0.2, -0.15) is 0 Å². The lowest BCUT2D eigenvalue weighted by atomic mass is 9.98. The molecule has 2 saturated heterocycles. The summed E-state index contributed by atoms with van der Waals surface area (Å²) >= 11 is 0. The molecule has 0 radical (unpaired) electrons. The standard InChI is InChI=1S/C16H25N3O/c1-13-4-6-19(7-5-13)16-3-2-14(12-15(16)17)18-8-10-20-11-9-18/h2-3,12-13H,4-11,17H2,1H3. The highest BCUT2D eigenvalue weighted by molar-refractivity contribution is 5.73. The van der Waals surface area contributed by atoms with Gasteiger partial charge in [0.25, 0.3) is 0 Å². The van der Waals surface area contributed by atoms with E-state index in [-0.39, 0.29) is 0 Å². The summed E-state index contributed by atoms with van der Waals surface area (Å²) in [6.45, 7) is 8.13. The van der Waals surface area contributed by atoms with Gasteiger partial charge in [-0.3, -0.25) is 0 Å². The number of hydrogen-bond acceptors (Lipinski definition) is 4. The monoisotopic (exact) mass is 275 g/mol. The highest BCUT2D eigenvalue weighted by Crippen LogP contribution is 2.31. The summed E-state index contributed by atoms with van der Waals surface area (Å²) in [5.74, 6) is 0.847. The molecular formula is C16H25N3O. The minimum absolute atomic E-state index is 0.811. The zero-order chi connectivity index (χ0) is 13.9. The van der Waals surface area contributed by atoms with E-state index in [1.54, 1.807) is 0 Å². The minimum Gasteiger partial charge on any atom is -0.397 e. The SMILES string of the molecule is CC1CCN(c2ccc(N3CCOCC3)cc2N)CC1. The Morgan fingerprint density at radius 2 is 1.75 bits per heavy atom. The van der Waals surface area contributed by atoms with Gasteiger partial charge in [-0.25, -0.2) is 0 Å². The lowest BCUT2D eigenvalue weighted by molar-refractivity contribution is 0.122. The predicted molar refractivity (Wildman–Crippen MR) is 84.5 cm³/mol. The maximum atomic E-state index is 6.29. The molecule has 2 heterocycles. The summed E-state index contributed by atoms with van der Waals surface area (Å²) in [6, 6.07) is 6.52. The molecule has 0 saturated carbocycles. The zero-order valence-electron chi connectivity index (χ0n) is 12.3. The highest BCUT2D eigenvalue weighted by Gasteiger charge is 2.19. The van der Waals surface area contributed by atoms with E-state index in [4.69, 9.17) is 10.5 Å². The van der Waals surface area contributed by atoms with E-state index in [0.717, 1.165) is 51.0 Å². The number of nitrogens with two attached hydrogens (primary N) is 1. The van der Waals surface area contributed by atoms with Crippen molar-refractivity contribution in [3.8, 4) is 0 Å². The van der Waals surface area contributed by atoms with Crippen LogP contribution in [-0.2, 0) is 4.74 Å². The van der Waals surface area contributed by atoms with Crippen LogP contribution in [0.5, 0.6) is 0 Å². The first kappa shape index (κ1) is 13.6. The summed E-state index contributed by atoms with van der Waals surface area (Å²) in [7, 11) is 0. The van der Waals surface area contributed by atoms with E-state index in [1.165, 1.54) is 24.2 Å². The molecule has 2 N–H and O–H groups in total. The van der Waals surface area contributed by atoms with Gasteiger partial charge in [0.15, 0.2) is 0 Å². The lowest BCUT2D eigenvalue weighted by Gasteiger charge is -2.34. The molecule has 3 rings (SSSR count). The smallest absolute Gasteiger partial charge is 0.0642 e. The Labute approximate surface area is 121 Å². The van der Waals surface area contributed by atoms with Crippen LogP contribution in [0.3, 0.4) is 0 Å². The molecule has 0 aromatic heterocycles. The van der Waals surface area contributed by atoms with E-state index < -0.39 is 0 Å². The molecule has 1 aromatic rings. The van der Waals surface area contributed by atoms with E-state index >= 15 is 0 Å². The van der Waals surface area contributed by atoms with Gasteiger partial charge in [0.05, 0.1) is 24.6 Å². The third kappa shape index (κ3) is 2.85. The molecule has 0 aliphatic carbocycles. The van der Waals surface area contributed by atoms with Gasteiger partial charge in [0.1, 0.15) is 0 Å². The van der Waals surface area contributed by atoms with Crippen molar-refractivity contribution < 1.29 is 4.74 Å². The molecule has 0 amide bonds. The summed E-state index contributed by atoms with van der Waals surface area (Å²) in [4.78, 5) is 4.78. The first-order chi connectivity index (χ1) is 9.74. The third-order valence-electron chi connectivity index (χ3n) is 4.51. The summed E-state index contributed by atoms with van der Waals surface area (Å²) in [5.41, 5.74) is 9.62.